The number of aryl methyl sites for hydroxylation is 1. The molecule has 10 heteroatoms. The molecule has 8 nitrogen and oxygen atoms in total. The number of nitrogens with zero attached hydrogens (tertiary/aromatic N) is 2. The van der Waals surface area contributed by atoms with Crippen molar-refractivity contribution >= 4 is 31.8 Å². The van der Waals surface area contributed by atoms with Gasteiger partial charge in [-0.25, -0.2) is 17.4 Å². The lowest BCUT2D eigenvalue weighted by atomic mass is 9.98. The van der Waals surface area contributed by atoms with Gasteiger partial charge in [0, 0.05) is 25.9 Å². The predicted octanol–water partition coefficient (Wildman–Crippen LogP) is 4.38. The Bertz CT molecular complexity index is 1250. The minimum absolute atomic E-state index is 0.0221. The fraction of sp³-hybridized carbons (Fsp3) is 0.500. The van der Waals surface area contributed by atoms with Gasteiger partial charge >= 0.3 is 0 Å². The molecule has 1 N–H and O–H groups in total. The summed E-state index contributed by atoms with van der Waals surface area (Å²) in [6, 6.07) is 11.7. The van der Waals surface area contributed by atoms with Gasteiger partial charge in [0.2, 0.25) is 6.41 Å². The Morgan fingerprint density at radius 2 is 1.75 bits per heavy atom. The Balaban J connectivity index is 1.92. The summed E-state index contributed by atoms with van der Waals surface area (Å²) >= 11 is 0. The smallest absolute Gasteiger partial charge is 0.264 e. The number of hydrogen-bond donors (Lipinski definition) is 1. The van der Waals surface area contributed by atoms with Crippen molar-refractivity contribution in [2.24, 2.45) is 11.8 Å². The van der Waals surface area contributed by atoms with Crippen LogP contribution in [0.2, 0.25) is 0 Å². The van der Waals surface area contributed by atoms with Gasteiger partial charge in [-0.1, -0.05) is 32.9 Å². The lowest BCUT2D eigenvalue weighted by Crippen LogP contribution is -2.34. The van der Waals surface area contributed by atoms with E-state index in [1.54, 1.807) is 17.0 Å². The molecule has 0 radical (unpaired) electrons. The number of amides is 1. The van der Waals surface area contributed by atoms with Crippen LogP contribution in [0.3, 0.4) is 0 Å². The van der Waals surface area contributed by atoms with E-state index in [2.05, 4.69) is 0 Å². The van der Waals surface area contributed by atoms with Gasteiger partial charge in [-0.05, 0) is 67.0 Å². The summed E-state index contributed by atoms with van der Waals surface area (Å²) in [5.41, 5.74) is 1.67. The van der Waals surface area contributed by atoms with Crippen molar-refractivity contribution in [3.8, 4) is 5.75 Å². The molecule has 1 atom stereocenters. The zero-order valence-corrected chi connectivity index (χ0v) is 23.1. The van der Waals surface area contributed by atoms with Crippen molar-refractivity contribution in [3.05, 3.63) is 48.0 Å². The Morgan fingerprint density at radius 1 is 1.11 bits per heavy atom. The van der Waals surface area contributed by atoms with Crippen LogP contribution in [0.1, 0.15) is 39.2 Å². The lowest BCUT2D eigenvalue weighted by molar-refractivity contribution is -0.119. The third kappa shape index (κ3) is 6.79. The maximum Gasteiger partial charge on any atom is 0.264 e. The summed E-state index contributed by atoms with van der Waals surface area (Å²) in [7, 11) is -7.25. The van der Waals surface area contributed by atoms with Gasteiger partial charge in [-0.2, -0.15) is 0 Å². The van der Waals surface area contributed by atoms with Crippen molar-refractivity contribution in [1.82, 2.24) is 4.90 Å². The summed E-state index contributed by atoms with van der Waals surface area (Å²) in [5, 5.41) is 0. The van der Waals surface area contributed by atoms with E-state index < -0.39 is 19.8 Å². The van der Waals surface area contributed by atoms with Crippen LogP contribution in [0.15, 0.2) is 52.3 Å². The fourth-order valence-corrected chi connectivity index (χ4v) is 6.80. The number of benzene rings is 2. The molecule has 0 saturated carbocycles. The molecule has 0 aliphatic carbocycles. The quantitative estimate of drug-likeness (QED) is 0.430. The molecular weight excluding hydrogens is 498 g/mol. The van der Waals surface area contributed by atoms with E-state index in [1.807, 2.05) is 32.9 Å². The van der Waals surface area contributed by atoms with E-state index in [0.717, 1.165) is 31.2 Å². The first-order valence-electron chi connectivity index (χ1n) is 12.3. The highest BCUT2D eigenvalue weighted by Gasteiger charge is 2.28. The van der Waals surface area contributed by atoms with Crippen molar-refractivity contribution in [2.45, 2.75) is 49.8 Å². The maximum absolute atomic E-state index is 13.8. The molecule has 1 saturated heterocycles. The molecule has 1 heterocycles. The summed E-state index contributed by atoms with van der Waals surface area (Å²) in [6.45, 7) is 7.90. The number of nitrogens with one attached hydrogen (secondary N) is 1. The molecule has 1 fully saturated rings. The SMILES string of the molecule is CCc1ccc(N(CC(C)C)S(=O)(=O)c2ccc(OCC3CCN(C=O)CC3)c(S(C)(=N)=O)c2)cc1. The standard InChI is InChI=1S/C26H37N3O5S2/c1-5-21-6-8-23(9-7-21)29(17-20(2)3)36(32,33)24-10-11-25(26(16-24)35(4,27)31)34-18-22-12-14-28(19-30)15-13-22/h6-11,16,19-20,22,27H,5,12-15,17-18H2,1-4H3. The number of anilines is 1. The van der Waals surface area contributed by atoms with E-state index >= 15 is 0 Å². The number of sulfonamides is 1. The van der Waals surface area contributed by atoms with Crippen LogP contribution < -0.4 is 9.04 Å². The Labute approximate surface area is 215 Å². The molecule has 2 aromatic carbocycles. The molecular formula is C26H37N3O5S2. The predicted molar refractivity (Wildman–Crippen MR) is 143 cm³/mol. The van der Waals surface area contributed by atoms with Gasteiger partial charge in [0.15, 0.2) is 0 Å². The fourth-order valence-electron chi connectivity index (χ4n) is 4.20. The van der Waals surface area contributed by atoms with Gasteiger partial charge in [0.05, 0.1) is 31.8 Å². The van der Waals surface area contributed by atoms with Crippen molar-refractivity contribution in [1.29, 1.82) is 4.78 Å². The zero-order valence-electron chi connectivity index (χ0n) is 21.5. The summed E-state index contributed by atoms with van der Waals surface area (Å²) < 4.78 is 55.9. The summed E-state index contributed by atoms with van der Waals surface area (Å²) in [6.07, 6.45) is 4.56. The number of carbonyl (C=O) groups excluding carboxylic acids is 1. The maximum atomic E-state index is 13.8. The van der Waals surface area contributed by atoms with Crippen molar-refractivity contribution in [2.75, 3.05) is 36.8 Å². The van der Waals surface area contributed by atoms with E-state index in [1.165, 1.54) is 28.8 Å². The van der Waals surface area contributed by atoms with Crippen LogP contribution in [0.4, 0.5) is 5.69 Å². The first-order chi connectivity index (χ1) is 17.0. The highest BCUT2D eigenvalue weighted by atomic mass is 32.2. The Kier molecular flexibility index (Phi) is 9.05. The molecule has 36 heavy (non-hydrogen) atoms. The zero-order chi connectivity index (χ0) is 26.5. The second-order valence-electron chi connectivity index (χ2n) is 9.80. The van der Waals surface area contributed by atoms with E-state index in [9.17, 15) is 17.4 Å². The normalized spacial score (nSPS) is 16.5. The minimum atomic E-state index is -3.98. The highest BCUT2D eigenvalue weighted by Crippen LogP contribution is 2.32. The molecule has 0 aromatic heterocycles. The Morgan fingerprint density at radius 3 is 2.28 bits per heavy atom. The number of carbonyl (C=O) groups is 1. The topological polar surface area (TPSA) is 108 Å². The molecule has 1 aliphatic rings. The third-order valence-corrected chi connectivity index (χ3v) is 9.31. The van der Waals surface area contributed by atoms with Gasteiger partial charge in [-0.3, -0.25) is 9.10 Å². The van der Waals surface area contributed by atoms with E-state index in [-0.39, 0.29) is 33.9 Å². The van der Waals surface area contributed by atoms with Crippen molar-refractivity contribution in [3.63, 3.8) is 0 Å². The van der Waals surface area contributed by atoms with Crippen LogP contribution >= 0.6 is 0 Å². The second kappa shape index (κ2) is 11.6. The van der Waals surface area contributed by atoms with Crippen molar-refractivity contribution < 1.29 is 22.2 Å². The number of hydrogen-bond acceptors (Lipinski definition) is 6. The number of piperidine rings is 1. The number of likely N-dealkylation sites (tertiary alicyclic amines) is 1. The van der Waals surface area contributed by atoms with Crippen LogP contribution in [0.5, 0.6) is 5.75 Å². The van der Waals surface area contributed by atoms with Gasteiger partial charge in [0.1, 0.15) is 5.75 Å². The number of rotatable bonds is 11. The molecule has 3 rings (SSSR count). The molecule has 1 unspecified atom stereocenters. The molecule has 2 aromatic rings. The van der Waals surface area contributed by atoms with Crippen LogP contribution in [0, 0.1) is 16.6 Å². The Hall–Kier alpha value is -2.59. The molecule has 0 bridgehead atoms. The summed E-state index contributed by atoms with van der Waals surface area (Å²) in [4.78, 5) is 12.7. The first kappa shape index (κ1) is 28.0. The number of ether oxygens (including phenoxy) is 1. The van der Waals surface area contributed by atoms with Gasteiger partial charge in [0.25, 0.3) is 10.0 Å². The monoisotopic (exact) mass is 535 g/mol. The lowest BCUT2D eigenvalue weighted by Gasteiger charge is -2.29. The van der Waals surface area contributed by atoms with Gasteiger partial charge in [-0.15, -0.1) is 0 Å². The minimum Gasteiger partial charge on any atom is -0.492 e. The highest BCUT2D eigenvalue weighted by molar-refractivity contribution is 7.93. The van der Waals surface area contributed by atoms with E-state index in [0.29, 0.717) is 25.4 Å². The van der Waals surface area contributed by atoms with Crippen LogP contribution in [0.25, 0.3) is 0 Å². The van der Waals surface area contributed by atoms with Gasteiger partial charge < -0.3 is 9.64 Å². The largest absolute Gasteiger partial charge is 0.492 e. The van der Waals surface area contributed by atoms with E-state index in [4.69, 9.17) is 9.52 Å². The average molecular weight is 536 g/mol. The molecule has 1 amide bonds. The molecule has 0 spiro atoms. The molecule has 198 valence electrons. The van der Waals surface area contributed by atoms with Crippen LogP contribution in [-0.2, 0) is 31.0 Å². The summed E-state index contributed by atoms with van der Waals surface area (Å²) in [5.74, 6) is 0.561. The first-order valence-corrected chi connectivity index (χ1v) is 15.7. The van der Waals surface area contributed by atoms with Crippen LogP contribution in [-0.4, -0.2) is 56.4 Å². The third-order valence-electron chi connectivity index (χ3n) is 6.36. The second-order valence-corrected chi connectivity index (χ2v) is 13.8. The molecule has 1 aliphatic heterocycles. The average Bonchev–Trinajstić information content (AvgIpc) is 2.85.